The van der Waals surface area contributed by atoms with Crippen LogP contribution in [0.5, 0.6) is 0 Å². The number of nitrogens with zero attached hydrogens (tertiary/aromatic N) is 1. The molecule has 0 amide bonds. The van der Waals surface area contributed by atoms with Gasteiger partial charge in [0.1, 0.15) is 5.58 Å². The molecular weight excluding hydrogens is 474 g/mol. The van der Waals surface area contributed by atoms with E-state index in [9.17, 15) is 0 Å². The Morgan fingerprint density at radius 1 is 0.538 bits per heavy atom. The summed E-state index contributed by atoms with van der Waals surface area (Å²) in [4.78, 5) is 0. The third kappa shape index (κ3) is 2.56. The van der Waals surface area contributed by atoms with Gasteiger partial charge in [0.05, 0.1) is 16.7 Å². The molecule has 0 bridgehead atoms. The number of furan rings is 1. The quantitative estimate of drug-likeness (QED) is 0.220. The van der Waals surface area contributed by atoms with Gasteiger partial charge in [-0.3, -0.25) is 0 Å². The van der Waals surface area contributed by atoms with Crippen LogP contribution in [0.25, 0.3) is 71.3 Å². The largest absolute Gasteiger partial charge is 0.454 e. The first-order valence-electron chi connectivity index (χ1n) is 13.6. The highest BCUT2D eigenvalue weighted by Gasteiger charge is 2.36. The Kier molecular flexibility index (Phi) is 3.89. The average molecular weight is 500 g/mol. The first-order chi connectivity index (χ1) is 19.1. The van der Waals surface area contributed by atoms with Gasteiger partial charge in [-0.25, -0.2) is 0 Å². The molecule has 0 atom stereocenters. The second kappa shape index (κ2) is 7.18. The van der Waals surface area contributed by atoms with E-state index in [0.29, 0.717) is 0 Å². The summed E-state index contributed by atoms with van der Waals surface area (Å²) < 4.78 is 8.97. The second-order valence-corrected chi connectivity index (χ2v) is 11.3. The summed E-state index contributed by atoms with van der Waals surface area (Å²) in [6.07, 6.45) is 0. The second-order valence-electron chi connectivity index (χ2n) is 11.3. The molecule has 2 heterocycles. The van der Waals surface area contributed by atoms with Gasteiger partial charge < -0.3 is 8.98 Å². The van der Waals surface area contributed by atoms with Crippen molar-refractivity contribution < 1.29 is 4.42 Å². The summed E-state index contributed by atoms with van der Waals surface area (Å²) in [6.45, 7) is 4.70. The highest BCUT2D eigenvalue weighted by molar-refractivity contribution is 6.22. The van der Waals surface area contributed by atoms with E-state index in [1.807, 2.05) is 6.07 Å². The Morgan fingerprint density at radius 3 is 2.15 bits per heavy atom. The van der Waals surface area contributed by atoms with Gasteiger partial charge in [-0.1, -0.05) is 111 Å². The van der Waals surface area contributed by atoms with E-state index in [1.54, 1.807) is 0 Å². The first kappa shape index (κ1) is 21.2. The van der Waals surface area contributed by atoms with Crippen LogP contribution in [-0.2, 0) is 5.41 Å². The molecule has 0 fully saturated rings. The van der Waals surface area contributed by atoms with Crippen LogP contribution in [0.1, 0.15) is 25.0 Å². The van der Waals surface area contributed by atoms with Crippen LogP contribution >= 0.6 is 0 Å². The zero-order chi connectivity index (χ0) is 25.9. The van der Waals surface area contributed by atoms with E-state index in [0.717, 1.165) is 27.6 Å². The van der Waals surface area contributed by atoms with Crippen molar-refractivity contribution in [2.75, 3.05) is 0 Å². The maximum Gasteiger partial charge on any atom is 0.159 e. The number of benzene rings is 6. The summed E-state index contributed by atoms with van der Waals surface area (Å²) in [5.74, 6) is 0. The van der Waals surface area contributed by atoms with Crippen molar-refractivity contribution in [3.8, 4) is 16.8 Å². The van der Waals surface area contributed by atoms with Crippen molar-refractivity contribution in [3.63, 3.8) is 0 Å². The molecule has 9 rings (SSSR count). The lowest BCUT2D eigenvalue weighted by molar-refractivity contribution is 0.661. The van der Waals surface area contributed by atoms with Gasteiger partial charge in [-0.15, -0.1) is 0 Å². The van der Waals surface area contributed by atoms with Crippen LogP contribution in [0.3, 0.4) is 0 Å². The smallest absolute Gasteiger partial charge is 0.159 e. The van der Waals surface area contributed by atoms with E-state index in [-0.39, 0.29) is 5.41 Å². The van der Waals surface area contributed by atoms with Crippen LogP contribution in [0.15, 0.2) is 120 Å². The lowest BCUT2D eigenvalue weighted by Crippen LogP contribution is -2.14. The molecule has 0 saturated carbocycles. The highest BCUT2D eigenvalue weighted by Crippen LogP contribution is 2.52. The number of para-hydroxylation sites is 3. The molecular formula is C37H25NO. The number of hydrogen-bond donors (Lipinski definition) is 0. The molecule has 0 unspecified atom stereocenters. The van der Waals surface area contributed by atoms with Crippen LogP contribution < -0.4 is 0 Å². The number of fused-ring (bicyclic) bond motifs is 12. The summed E-state index contributed by atoms with van der Waals surface area (Å²) in [5, 5.41) is 7.38. The van der Waals surface area contributed by atoms with E-state index in [4.69, 9.17) is 4.42 Å². The fourth-order valence-corrected chi connectivity index (χ4v) is 7.23. The molecule has 0 aliphatic heterocycles. The Bertz CT molecular complexity index is 2310. The molecule has 1 aliphatic rings. The van der Waals surface area contributed by atoms with Gasteiger partial charge in [-0.05, 0) is 45.8 Å². The van der Waals surface area contributed by atoms with E-state index in [1.165, 1.54) is 54.8 Å². The lowest BCUT2D eigenvalue weighted by Gasteiger charge is -2.21. The highest BCUT2D eigenvalue weighted by atomic mass is 16.3. The maximum absolute atomic E-state index is 6.54. The normalized spacial score (nSPS) is 14.1. The molecule has 0 N–H and O–H groups in total. The van der Waals surface area contributed by atoms with Crippen molar-refractivity contribution in [3.05, 3.63) is 126 Å². The molecule has 1 aliphatic carbocycles. The fraction of sp³-hybridized carbons (Fsp3) is 0.0811. The summed E-state index contributed by atoms with van der Waals surface area (Å²) in [5.41, 5.74) is 10.8. The minimum Gasteiger partial charge on any atom is -0.454 e. The lowest BCUT2D eigenvalue weighted by atomic mass is 9.82. The van der Waals surface area contributed by atoms with Crippen molar-refractivity contribution in [1.82, 2.24) is 4.57 Å². The standard InChI is InChI=1S/C37H25NO/c1-37(2)29-14-6-3-12-28(29)34-24-18-19-25-22-10-4-7-15-31(22)38(35(25)26(24)20-21-30(34)37)32-16-9-13-27-23-11-5-8-17-33(23)39-36(27)32/h3-21H,1-2H3. The van der Waals surface area contributed by atoms with Gasteiger partial charge in [0.15, 0.2) is 5.58 Å². The number of aromatic nitrogens is 1. The van der Waals surface area contributed by atoms with E-state index < -0.39 is 0 Å². The van der Waals surface area contributed by atoms with Crippen molar-refractivity contribution in [2.45, 2.75) is 19.3 Å². The van der Waals surface area contributed by atoms with Gasteiger partial charge >= 0.3 is 0 Å². The monoisotopic (exact) mass is 499 g/mol. The zero-order valence-corrected chi connectivity index (χ0v) is 21.8. The van der Waals surface area contributed by atoms with Crippen molar-refractivity contribution in [1.29, 1.82) is 0 Å². The predicted molar refractivity (Wildman–Crippen MR) is 163 cm³/mol. The average Bonchev–Trinajstić information content (AvgIpc) is 3.59. The molecule has 2 nitrogen and oxygen atoms in total. The zero-order valence-electron chi connectivity index (χ0n) is 21.8. The molecule has 39 heavy (non-hydrogen) atoms. The summed E-state index contributed by atoms with van der Waals surface area (Å²) in [7, 11) is 0. The van der Waals surface area contributed by atoms with Gasteiger partial charge in [0.2, 0.25) is 0 Å². The number of hydrogen-bond acceptors (Lipinski definition) is 1. The Balaban J connectivity index is 1.48. The molecule has 0 spiro atoms. The summed E-state index contributed by atoms with van der Waals surface area (Å²) in [6, 6.07) is 41.9. The predicted octanol–water partition coefficient (Wildman–Crippen LogP) is 10.1. The number of rotatable bonds is 1. The van der Waals surface area contributed by atoms with Crippen molar-refractivity contribution >= 4 is 54.5 Å². The molecule has 6 aromatic carbocycles. The molecule has 2 aromatic heterocycles. The Hall–Kier alpha value is -4.82. The van der Waals surface area contributed by atoms with Crippen LogP contribution in [0.4, 0.5) is 0 Å². The maximum atomic E-state index is 6.54. The first-order valence-corrected chi connectivity index (χ1v) is 13.6. The SMILES string of the molecule is CC1(C)c2ccccc2-c2c1ccc1c2ccc2c3ccccc3n(-c3cccc4c3oc3ccccc34)c12. The molecule has 184 valence electrons. The Labute approximate surface area is 225 Å². The summed E-state index contributed by atoms with van der Waals surface area (Å²) >= 11 is 0. The minimum absolute atomic E-state index is 0.0261. The Morgan fingerprint density at radius 2 is 1.23 bits per heavy atom. The van der Waals surface area contributed by atoms with E-state index in [2.05, 4.69) is 128 Å². The van der Waals surface area contributed by atoms with Crippen molar-refractivity contribution in [2.24, 2.45) is 0 Å². The molecule has 0 saturated heterocycles. The van der Waals surface area contributed by atoms with Crippen LogP contribution in [-0.4, -0.2) is 4.57 Å². The van der Waals surface area contributed by atoms with Crippen LogP contribution in [0, 0.1) is 0 Å². The molecule has 0 radical (unpaired) electrons. The minimum atomic E-state index is -0.0261. The van der Waals surface area contributed by atoms with E-state index >= 15 is 0 Å². The van der Waals surface area contributed by atoms with Gasteiger partial charge in [0.25, 0.3) is 0 Å². The topological polar surface area (TPSA) is 18.1 Å². The van der Waals surface area contributed by atoms with Gasteiger partial charge in [-0.2, -0.15) is 0 Å². The fourth-order valence-electron chi connectivity index (χ4n) is 7.23. The van der Waals surface area contributed by atoms with Crippen LogP contribution in [0.2, 0.25) is 0 Å². The van der Waals surface area contributed by atoms with Gasteiger partial charge in [0, 0.05) is 32.3 Å². The third-order valence-corrected chi connectivity index (χ3v) is 9.00. The molecule has 8 aromatic rings. The third-order valence-electron chi connectivity index (χ3n) is 9.00. The molecule has 2 heteroatoms.